The van der Waals surface area contributed by atoms with Gasteiger partial charge in [0, 0.05) is 12.7 Å². The highest BCUT2D eigenvalue weighted by molar-refractivity contribution is 5.75. The summed E-state index contributed by atoms with van der Waals surface area (Å²) in [5.41, 5.74) is 1.37. The van der Waals surface area contributed by atoms with Crippen LogP contribution in [0.3, 0.4) is 0 Å². The first kappa shape index (κ1) is 18.8. The fraction of sp³-hybridized carbons (Fsp3) is 0.350. The largest absolute Gasteiger partial charge is 0.353 e. The summed E-state index contributed by atoms with van der Waals surface area (Å²) in [5.74, 6) is -0.228. The molecule has 0 aliphatic carbocycles. The number of amides is 1. The molecule has 27 heavy (non-hydrogen) atoms. The first-order valence-corrected chi connectivity index (χ1v) is 9.24. The molecule has 1 N–H and O–H groups in total. The minimum Gasteiger partial charge on any atom is -0.353 e. The number of pyridine rings is 1. The minimum atomic E-state index is -0.316. The van der Waals surface area contributed by atoms with Crippen LogP contribution in [0, 0.1) is 0 Å². The lowest BCUT2D eigenvalue weighted by Gasteiger charge is -2.30. The van der Waals surface area contributed by atoms with Crippen molar-refractivity contribution in [2.24, 2.45) is 0 Å². The zero-order chi connectivity index (χ0) is 19.2. The van der Waals surface area contributed by atoms with E-state index in [1.165, 1.54) is 9.08 Å². The average molecular weight is 367 g/mol. The molecule has 1 aromatic carbocycles. The fourth-order valence-electron chi connectivity index (χ4n) is 3.27. The van der Waals surface area contributed by atoms with Gasteiger partial charge in [0.05, 0.1) is 6.04 Å². The van der Waals surface area contributed by atoms with Crippen LogP contribution < -0.4 is 11.0 Å². The average Bonchev–Trinajstić information content (AvgIpc) is 3.01. The molecule has 0 aliphatic heterocycles. The first-order chi connectivity index (χ1) is 13.1. The summed E-state index contributed by atoms with van der Waals surface area (Å²) in [7, 11) is 0. The van der Waals surface area contributed by atoms with Gasteiger partial charge in [-0.15, -0.1) is 5.10 Å². The molecule has 7 heteroatoms. The quantitative estimate of drug-likeness (QED) is 0.658. The van der Waals surface area contributed by atoms with Crippen molar-refractivity contribution >= 4 is 11.6 Å². The maximum atomic E-state index is 12.4. The highest BCUT2D eigenvalue weighted by atomic mass is 16.2. The van der Waals surface area contributed by atoms with E-state index in [4.69, 9.17) is 0 Å². The van der Waals surface area contributed by atoms with E-state index in [0.29, 0.717) is 12.2 Å². The molecule has 7 nitrogen and oxygen atoms in total. The number of hydrogen-bond acceptors (Lipinski definition) is 4. The molecule has 0 saturated heterocycles. The van der Waals surface area contributed by atoms with Crippen molar-refractivity contribution in [3.8, 4) is 0 Å². The Bertz CT molecular complexity index is 944. The zero-order valence-electron chi connectivity index (χ0n) is 15.7. The highest BCUT2D eigenvalue weighted by Gasteiger charge is 2.19. The molecule has 0 saturated carbocycles. The van der Waals surface area contributed by atoms with Gasteiger partial charge in [0.15, 0.2) is 5.65 Å². The van der Waals surface area contributed by atoms with Crippen molar-refractivity contribution in [1.29, 1.82) is 0 Å². The maximum absolute atomic E-state index is 12.4. The van der Waals surface area contributed by atoms with Crippen LogP contribution in [0.1, 0.15) is 25.5 Å². The van der Waals surface area contributed by atoms with Gasteiger partial charge in [0.2, 0.25) is 5.91 Å². The lowest BCUT2D eigenvalue weighted by Crippen LogP contribution is -2.40. The van der Waals surface area contributed by atoms with E-state index >= 15 is 0 Å². The van der Waals surface area contributed by atoms with Crippen LogP contribution in [0.5, 0.6) is 0 Å². The number of nitrogens with one attached hydrogen (secondary N) is 1. The maximum Gasteiger partial charge on any atom is 0.350 e. The van der Waals surface area contributed by atoms with Crippen molar-refractivity contribution in [3.63, 3.8) is 0 Å². The van der Waals surface area contributed by atoms with Gasteiger partial charge in [-0.25, -0.2) is 9.48 Å². The first-order valence-electron chi connectivity index (χ1n) is 9.24. The number of likely N-dealkylation sites (N-methyl/N-ethyl adjacent to an activating group) is 1. The SMILES string of the molecule is CCN(CC)C(CNC(=O)Cn1nc2ccccn2c1=O)c1ccccc1. The molecule has 2 aromatic heterocycles. The number of aromatic nitrogens is 3. The molecule has 0 bridgehead atoms. The molecule has 2 heterocycles. The predicted octanol–water partition coefficient (Wildman–Crippen LogP) is 1.70. The third-order valence-corrected chi connectivity index (χ3v) is 4.71. The van der Waals surface area contributed by atoms with E-state index in [9.17, 15) is 9.59 Å². The van der Waals surface area contributed by atoms with E-state index in [1.807, 2.05) is 18.2 Å². The van der Waals surface area contributed by atoms with Crippen LogP contribution >= 0.6 is 0 Å². The number of carbonyl (C=O) groups is 1. The van der Waals surface area contributed by atoms with Gasteiger partial charge >= 0.3 is 5.69 Å². The minimum absolute atomic E-state index is 0.0861. The number of carbonyl (C=O) groups excluding carboxylic acids is 1. The molecular formula is C20H25N5O2. The number of benzene rings is 1. The van der Waals surface area contributed by atoms with Crippen molar-refractivity contribution in [2.75, 3.05) is 19.6 Å². The summed E-state index contributed by atoms with van der Waals surface area (Å²) in [6, 6.07) is 15.5. The van der Waals surface area contributed by atoms with Gasteiger partial charge < -0.3 is 5.32 Å². The zero-order valence-corrected chi connectivity index (χ0v) is 15.7. The lowest BCUT2D eigenvalue weighted by molar-refractivity contribution is -0.122. The Balaban J connectivity index is 1.70. The van der Waals surface area contributed by atoms with Crippen molar-refractivity contribution < 1.29 is 4.79 Å². The van der Waals surface area contributed by atoms with Gasteiger partial charge in [0.25, 0.3) is 0 Å². The molecule has 142 valence electrons. The summed E-state index contributed by atoms with van der Waals surface area (Å²) in [4.78, 5) is 27.0. The van der Waals surface area contributed by atoms with Gasteiger partial charge in [-0.2, -0.15) is 0 Å². The number of rotatable bonds is 8. The number of fused-ring (bicyclic) bond motifs is 1. The lowest BCUT2D eigenvalue weighted by atomic mass is 10.1. The van der Waals surface area contributed by atoms with Crippen LogP contribution in [0.15, 0.2) is 59.5 Å². The van der Waals surface area contributed by atoms with Crippen molar-refractivity contribution in [2.45, 2.75) is 26.4 Å². The summed E-state index contributed by atoms with van der Waals surface area (Å²) < 4.78 is 2.62. The molecule has 0 radical (unpaired) electrons. The van der Waals surface area contributed by atoms with E-state index in [1.54, 1.807) is 24.4 Å². The molecule has 0 fully saturated rings. The monoisotopic (exact) mass is 367 g/mol. The smallest absolute Gasteiger partial charge is 0.350 e. The molecule has 3 aromatic rings. The Morgan fingerprint density at radius 3 is 2.48 bits per heavy atom. The second-order valence-electron chi connectivity index (χ2n) is 6.32. The van der Waals surface area contributed by atoms with Gasteiger partial charge in [-0.1, -0.05) is 50.2 Å². The van der Waals surface area contributed by atoms with Crippen LogP contribution in [0.25, 0.3) is 5.65 Å². The van der Waals surface area contributed by atoms with E-state index in [-0.39, 0.29) is 24.2 Å². The third kappa shape index (κ3) is 4.25. The van der Waals surface area contributed by atoms with Gasteiger partial charge in [-0.05, 0) is 30.8 Å². The van der Waals surface area contributed by atoms with Crippen LogP contribution in [-0.4, -0.2) is 44.6 Å². The topological polar surface area (TPSA) is 71.6 Å². The molecule has 1 unspecified atom stereocenters. The number of nitrogens with zero attached hydrogens (tertiary/aromatic N) is 4. The Morgan fingerprint density at radius 2 is 1.81 bits per heavy atom. The van der Waals surface area contributed by atoms with Gasteiger partial charge in [-0.3, -0.25) is 14.1 Å². The summed E-state index contributed by atoms with van der Waals surface area (Å²) >= 11 is 0. The van der Waals surface area contributed by atoms with E-state index in [0.717, 1.165) is 18.7 Å². The fourth-order valence-corrected chi connectivity index (χ4v) is 3.27. The predicted molar refractivity (Wildman–Crippen MR) is 105 cm³/mol. The molecule has 0 spiro atoms. The summed E-state index contributed by atoms with van der Waals surface area (Å²) in [6.07, 6.45) is 1.64. The molecule has 3 rings (SSSR count). The van der Waals surface area contributed by atoms with E-state index in [2.05, 4.69) is 41.3 Å². The second-order valence-corrected chi connectivity index (χ2v) is 6.32. The van der Waals surface area contributed by atoms with Crippen LogP contribution in [-0.2, 0) is 11.3 Å². The standard InChI is InChI=1S/C20H25N5O2/c1-3-23(4-2)17(16-10-6-5-7-11-16)14-21-19(26)15-25-20(27)24-13-9-8-12-18(24)22-25/h5-13,17H,3-4,14-15H2,1-2H3,(H,21,26). The Kier molecular flexibility index (Phi) is 6.03. The van der Waals surface area contributed by atoms with Crippen LogP contribution in [0.4, 0.5) is 0 Å². The van der Waals surface area contributed by atoms with Gasteiger partial charge in [0.1, 0.15) is 6.54 Å². The number of hydrogen-bond donors (Lipinski definition) is 1. The van der Waals surface area contributed by atoms with Crippen LogP contribution in [0.2, 0.25) is 0 Å². The Morgan fingerprint density at radius 1 is 1.11 bits per heavy atom. The Labute approximate surface area is 158 Å². The summed E-state index contributed by atoms with van der Waals surface area (Å²) in [6.45, 7) is 6.37. The van der Waals surface area contributed by atoms with Crippen molar-refractivity contribution in [1.82, 2.24) is 24.4 Å². The molecule has 1 amide bonds. The third-order valence-electron chi connectivity index (χ3n) is 4.71. The Hall–Kier alpha value is -2.93. The second kappa shape index (κ2) is 8.64. The van der Waals surface area contributed by atoms with Crippen molar-refractivity contribution in [3.05, 3.63) is 70.8 Å². The highest BCUT2D eigenvalue weighted by Crippen LogP contribution is 2.19. The molecule has 1 atom stereocenters. The van der Waals surface area contributed by atoms with E-state index < -0.39 is 0 Å². The normalized spacial score (nSPS) is 12.4. The molecular weight excluding hydrogens is 342 g/mol. The summed E-state index contributed by atoms with van der Waals surface area (Å²) in [5, 5.41) is 7.16. The molecule has 0 aliphatic rings.